The second-order valence-corrected chi connectivity index (χ2v) is 5.78. The summed E-state index contributed by atoms with van der Waals surface area (Å²) >= 11 is 0. The number of nitrogens with one attached hydrogen (secondary N) is 1. The summed E-state index contributed by atoms with van der Waals surface area (Å²) in [6.07, 6.45) is 0. The molecule has 0 bridgehead atoms. The minimum Gasteiger partial charge on any atom is -0.314 e. The SMILES string of the molecule is Cl.O=[N+]([O-])c1ccc(F)cc1CN1CCNCC1c1cccc(F)c1. The number of hydrogen-bond acceptors (Lipinski definition) is 4. The minimum atomic E-state index is -0.506. The predicted molar refractivity (Wildman–Crippen MR) is 92.7 cm³/mol. The predicted octanol–water partition coefficient (Wildman–Crippen LogP) is 3.44. The fourth-order valence-electron chi connectivity index (χ4n) is 3.06. The lowest BCUT2D eigenvalue weighted by molar-refractivity contribution is -0.385. The smallest absolute Gasteiger partial charge is 0.274 e. The van der Waals surface area contributed by atoms with Crippen LogP contribution in [0.4, 0.5) is 14.5 Å². The molecule has 1 aliphatic rings. The molecule has 1 N–H and O–H groups in total. The molecule has 8 heteroatoms. The molecule has 0 saturated carbocycles. The van der Waals surface area contributed by atoms with Gasteiger partial charge in [0, 0.05) is 43.9 Å². The van der Waals surface area contributed by atoms with Gasteiger partial charge in [-0.1, -0.05) is 12.1 Å². The van der Waals surface area contributed by atoms with Gasteiger partial charge in [0.25, 0.3) is 5.69 Å². The third-order valence-corrected chi connectivity index (χ3v) is 4.20. The molecule has 3 rings (SSSR count). The Morgan fingerprint density at radius 1 is 1.20 bits per heavy atom. The van der Waals surface area contributed by atoms with Gasteiger partial charge in [0.05, 0.1) is 4.92 Å². The van der Waals surface area contributed by atoms with E-state index in [1.165, 1.54) is 24.3 Å². The van der Waals surface area contributed by atoms with E-state index >= 15 is 0 Å². The Kier molecular flexibility index (Phi) is 6.41. The summed E-state index contributed by atoms with van der Waals surface area (Å²) in [5.74, 6) is -0.831. The monoisotopic (exact) mass is 369 g/mol. The van der Waals surface area contributed by atoms with Crippen LogP contribution >= 0.6 is 12.4 Å². The van der Waals surface area contributed by atoms with E-state index in [1.54, 1.807) is 6.07 Å². The van der Waals surface area contributed by atoms with Crippen LogP contribution in [0, 0.1) is 21.7 Å². The average molecular weight is 370 g/mol. The first-order valence-corrected chi connectivity index (χ1v) is 7.67. The molecule has 5 nitrogen and oxygen atoms in total. The molecule has 1 atom stereocenters. The highest BCUT2D eigenvalue weighted by Crippen LogP contribution is 2.28. The van der Waals surface area contributed by atoms with Crippen molar-refractivity contribution >= 4 is 18.1 Å². The van der Waals surface area contributed by atoms with Gasteiger partial charge in [-0.25, -0.2) is 8.78 Å². The molecule has 1 heterocycles. The molecule has 2 aromatic carbocycles. The molecule has 0 radical (unpaired) electrons. The molecule has 2 aromatic rings. The van der Waals surface area contributed by atoms with Crippen molar-refractivity contribution in [2.75, 3.05) is 19.6 Å². The standard InChI is InChI=1S/C17H17F2N3O2.ClH/c18-14-3-1-2-12(8-14)17-10-20-6-7-21(17)11-13-9-15(19)4-5-16(13)22(23)24;/h1-5,8-9,17,20H,6-7,10-11H2;1H. The number of nitrogens with zero attached hydrogens (tertiary/aromatic N) is 2. The second-order valence-electron chi connectivity index (χ2n) is 5.78. The van der Waals surface area contributed by atoms with E-state index in [-0.39, 0.29) is 36.5 Å². The molecule has 1 saturated heterocycles. The maximum atomic E-state index is 13.5. The number of benzene rings is 2. The Labute approximate surface area is 150 Å². The van der Waals surface area contributed by atoms with Crippen molar-refractivity contribution in [2.45, 2.75) is 12.6 Å². The van der Waals surface area contributed by atoms with Gasteiger partial charge in [-0.15, -0.1) is 12.4 Å². The van der Waals surface area contributed by atoms with Crippen LogP contribution in [0.5, 0.6) is 0 Å². The summed E-state index contributed by atoms with van der Waals surface area (Å²) in [7, 11) is 0. The summed E-state index contributed by atoms with van der Waals surface area (Å²) in [4.78, 5) is 12.7. The van der Waals surface area contributed by atoms with Crippen LogP contribution < -0.4 is 5.32 Å². The molecular formula is C17H18ClF2N3O2. The fourth-order valence-corrected chi connectivity index (χ4v) is 3.06. The van der Waals surface area contributed by atoms with Gasteiger partial charge in [-0.05, 0) is 29.8 Å². The third kappa shape index (κ3) is 4.50. The van der Waals surface area contributed by atoms with Crippen molar-refractivity contribution in [3.05, 3.63) is 75.3 Å². The van der Waals surface area contributed by atoms with Crippen molar-refractivity contribution in [1.82, 2.24) is 10.2 Å². The number of hydrogen-bond donors (Lipinski definition) is 1. The van der Waals surface area contributed by atoms with E-state index in [9.17, 15) is 18.9 Å². The summed E-state index contributed by atoms with van der Waals surface area (Å²) in [5, 5.41) is 14.4. The molecule has 1 aliphatic heterocycles. The Hall–Kier alpha value is -2.09. The van der Waals surface area contributed by atoms with Gasteiger partial charge in [0.15, 0.2) is 0 Å². The van der Waals surface area contributed by atoms with Gasteiger partial charge >= 0.3 is 0 Å². The van der Waals surface area contributed by atoms with Crippen molar-refractivity contribution in [2.24, 2.45) is 0 Å². The summed E-state index contributed by atoms with van der Waals surface area (Å²) < 4.78 is 27.1. The Morgan fingerprint density at radius 2 is 1.96 bits per heavy atom. The van der Waals surface area contributed by atoms with Crippen LogP contribution in [-0.4, -0.2) is 29.5 Å². The van der Waals surface area contributed by atoms with Gasteiger partial charge in [0.1, 0.15) is 11.6 Å². The first-order valence-electron chi connectivity index (χ1n) is 7.67. The van der Waals surface area contributed by atoms with E-state index < -0.39 is 10.7 Å². The average Bonchev–Trinajstić information content (AvgIpc) is 2.55. The maximum absolute atomic E-state index is 13.5. The Morgan fingerprint density at radius 3 is 2.68 bits per heavy atom. The molecular weight excluding hydrogens is 352 g/mol. The van der Waals surface area contributed by atoms with E-state index in [2.05, 4.69) is 5.32 Å². The quantitative estimate of drug-likeness (QED) is 0.662. The van der Waals surface area contributed by atoms with Crippen LogP contribution in [0.1, 0.15) is 17.2 Å². The molecule has 1 unspecified atom stereocenters. The van der Waals surface area contributed by atoms with Gasteiger partial charge in [0.2, 0.25) is 0 Å². The summed E-state index contributed by atoms with van der Waals surface area (Å²) in [6, 6.07) is 9.65. The maximum Gasteiger partial charge on any atom is 0.274 e. The highest BCUT2D eigenvalue weighted by Gasteiger charge is 2.26. The lowest BCUT2D eigenvalue weighted by Gasteiger charge is -2.36. The van der Waals surface area contributed by atoms with Crippen LogP contribution in [-0.2, 0) is 6.54 Å². The number of rotatable bonds is 4. The van der Waals surface area contributed by atoms with Gasteiger partial charge in [-0.3, -0.25) is 15.0 Å². The zero-order valence-corrected chi connectivity index (χ0v) is 14.1. The summed E-state index contributed by atoms with van der Waals surface area (Å²) in [6.45, 7) is 2.19. The van der Waals surface area contributed by atoms with Gasteiger partial charge in [-0.2, -0.15) is 0 Å². The van der Waals surface area contributed by atoms with E-state index in [0.29, 0.717) is 18.7 Å². The van der Waals surface area contributed by atoms with Crippen LogP contribution in [0.3, 0.4) is 0 Å². The number of halogens is 3. The minimum absolute atomic E-state index is 0. The second kappa shape index (κ2) is 8.33. The zero-order valence-electron chi connectivity index (χ0n) is 13.3. The Balaban J connectivity index is 0.00000225. The first-order chi connectivity index (χ1) is 11.5. The number of nitro benzene ring substituents is 1. The normalized spacial score (nSPS) is 17.8. The van der Waals surface area contributed by atoms with E-state index in [1.807, 2.05) is 11.0 Å². The van der Waals surface area contributed by atoms with Crippen LogP contribution in [0.2, 0.25) is 0 Å². The molecule has 25 heavy (non-hydrogen) atoms. The fraction of sp³-hybridized carbons (Fsp3) is 0.294. The lowest BCUT2D eigenvalue weighted by Crippen LogP contribution is -2.45. The topological polar surface area (TPSA) is 58.4 Å². The van der Waals surface area contributed by atoms with Gasteiger partial charge < -0.3 is 5.32 Å². The van der Waals surface area contributed by atoms with E-state index in [4.69, 9.17) is 0 Å². The van der Waals surface area contributed by atoms with Crippen LogP contribution in [0.15, 0.2) is 42.5 Å². The highest BCUT2D eigenvalue weighted by molar-refractivity contribution is 5.85. The number of nitro groups is 1. The summed E-state index contributed by atoms with van der Waals surface area (Å²) in [5.41, 5.74) is 1.01. The van der Waals surface area contributed by atoms with Crippen molar-refractivity contribution < 1.29 is 13.7 Å². The highest BCUT2D eigenvalue weighted by atomic mass is 35.5. The molecule has 0 amide bonds. The molecule has 0 spiro atoms. The first kappa shape index (κ1) is 19.2. The van der Waals surface area contributed by atoms with E-state index in [0.717, 1.165) is 18.2 Å². The third-order valence-electron chi connectivity index (χ3n) is 4.20. The lowest BCUT2D eigenvalue weighted by atomic mass is 10.0. The molecule has 0 aromatic heterocycles. The number of piperazine rings is 1. The molecule has 1 fully saturated rings. The molecule has 0 aliphatic carbocycles. The Bertz CT molecular complexity index is 760. The van der Waals surface area contributed by atoms with Crippen molar-refractivity contribution in [3.8, 4) is 0 Å². The van der Waals surface area contributed by atoms with Crippen molar-refractivity contribution in [3.63, 3.8) is 0 Å². The zero-order chi connectivity index (χ0) is 17.1. The van der Waals surface area contributed by atoms with Crippen LogP contribution in [0.25, 0.3) is 0 Å². The van der Waals surface area contributed by atoms with Crippen molar-refractivity contribution in [1.29, 1.82) is 0 Å². The largest absolute Gasteiger partial charge is 0.314 e. The molecule has 134 valence electrons.